The first-order valence-corrected chi connectivity index (χ1v) is 10.5. The van der Waals surface area contributed by atoms with Gasteiger partial charge in [0.2, 0.25) is 5.91 Å². The molecule has 2 aliphatic heterocycles. The van der Waals surface area contributed by atoms with Crippen molar-refractivity contribution >= 4 is 28.4 Å². The molecule has 146 valence electrons. The Labute approximate surface area is 170 Å². The molecule has 3 atom stereocenters. The average molecular weight is 397 g/mol. The van der Waals surface area contributed by atoms with Gasteiger partial charge in [0.15, 0.2) is 0 Å². The van der Waals surface area contributed by atoms with Crippen LogP contribution in [0.5, 0.6) is 0 Å². The van der Waals surface area contributed by atoms with Gasteiger partial charge < -0.3 is 4.90 Å². The lowest BCUT2D eigenvalue weighted by Gasteiger charge is -2.63. The molecule has 0 spiro atoms. The Morgan fingerprint density at radius 1 is 1.32 bits per heavy atom. The fourth-order valence-corrected chi connectivity index (χ4v) is 6.85. The number of aromatic nitrogens is 2. The molecule has 6 heteroatoms. The summed E-state index contributed by atoms with van der Waals surface area (Å²) in [4.78, 5) is 15.8. The number of piperidine rings is 2. The number of nitrogens with zero attached hydrogens (tertiary/aromatic N) is 4. The van der Waals surface area contributed by atoms with E-state index in [1.165, 1.54) is 0 Å². The van der Waals surface area contributed by atoms with E-state index >= 15 is 0 Å². The van der Waals surface area contributed by atoms with Gasteiger partial charge in [0.25, 0.3) is 0 Å². The highest BCUT2D eigenvalue weighted by atomic mass is 35.5. The van der Waals surface area contributed by atoms with Crippen LogP contribution in [0.25, 0.3) is 10.9 Å². The number of hydrogen-bond donors (Lipinski definition) is 0. The number of benzene rings is 1. The van der Waals surface area contributed by atoms with Crippen LogP contribution >= 0.6 is 11.6 Å². The van der Waals surface area contributed by atoms with Crippen molar-refractivity contribution in [1.82, 2.24) is 14.7 Å². The number of carbonyl (C=O) groups excluding carboxylic acids is 1. The highest BCUT2D eigenvalue weighted by Crippen LogP contribution is 2.61. The van der Waals surface area contributed by atoms with E-state index in [9.17, 15) is 10.1 Å². The minimum Gasteiger partial charge on any atom is -0.336 e. The van der Waals surface area contributed by atoms with Crippen molar-refractivity contribution in [1.29, 1.82) is 5.26 Å². The zero-order chi connectivity index (χ0) is 19.8. The number of fused-ring (bicyclic) bond motifs is 1. The maximum Gasteiger partial charge on any atom is 0.232 e. The Hall–Kier alpha value is -2.06. The lowest BCUT2D eigenvalue weighted by atomic mass is 9.50. The van der Waals surface area contributed by atoms with Gasteiger partial charge in [-0.15, -0.1) is 0 Å². The molecule has 2 saturated heterocycles. The molecule has 1 aromatic carbocycles. The van der Waals surface area contributed by atoms with E-state index < -0.39 is 0 Å². The SMILES string of the molecule is CC(C(=O)N1C2CC3(C)CC1CC(C#N)(C2)C3)c1nn(C)c2cccc(Cl)c12. The third-order valence-electron chi connectivity index (χ3n) is 7.39. The Morgan fingerprint density at radius 2 is 2.00 bits per heavy atom. The first kappa shape index (κ1) is 18.0. The Balaban J connectivity index is 1.51. The van der Waals surface area contributed by atoms with E-state index in [-0.39, 0.29) is 34.7 Å². The van der Waals surface area contributed by atoms with Gasteiger partial charge in [-0.3, -0.25) is 9.48 Å². The summed E-state index contributed by atoms with van der Waals surface area (Å²) in [6.07, 6.45) is 4.64. The highest BCUT2D eigenvalue weighted by Gasteiger charge is 2.60. The zero-order valence-corrected chi connectivity index (χ0v) is 17.3. The van der Waals surface area contributed by atoms with E-state index in [1.54, 1.807) is 4.68 Å². The maximum atomic E-state index is 13.6. The molecule has 2 aliphatic carbocycles. The van der Waals surface area contributed by atoms with Crippen LogP contribution in [-0.4, -0.2) is 32.7 Å². The number of rotatable bonds is 2. The van der Waals surface area contributed by atoms with Crippen LogP contribution < -0.4 is 0 Å². The van der Waals surface area contributed by atoms with Crippen molar-refractivity contribution in [2.45, 2.75) is 64.0 Å². The van der Waals surface area contributed by atoms with Crippen molar-refractivity contribution in [3.05, 3.63) is 28.9 Å². The summed E-state index contributed by atoms with van der Waals surface area (Å²) in [7, 11) is 1.89. The summed E-state index contributed by atoms with van der Waals surface area (Å²) < 4.78 is 1.80. The van der Waals surface area contributed by atoms with Gasteiger partial charge in [0.1, 0.15) is 0 Å². The molecular weight excluding hydrogens is 372 g/mol. The van der Waals surface area contributed by atoms with Crippen molar-refractivity contribution in [3.8, 4) is 6.07 Å². The fourth-order valence-electron chi connectivity index (χ4n) is 6.58. The number of hydrogen-bond acceptors (Lipinski definition) is 3. The third kappa shape index (κ3) is 2.37. The number of carbonyl (C=O) groups is 1. The van der Waals surface area contributed by atoms with Gasteiger partial charge in [-0.1, -0.05) is 24.6 Å². The third-order valence-corrected chi connectivity index (χ3v) is 7.70. The van der Waals surface area contributed by atoms with Crippen LogP contribution in [0, 0.1) is 22.2 Å². The lowest BCUT2D eigenvalue weighted by Crippen LogP contribution is -2.66. The van der Waals surface area contributed by atoms with Crippen LogP contribution in [-0.2, 0) is 11.8 Å². The molecule has 5 nitrogen and oxygen atoms in total. The molecule has 3 heterocycles. The van der Waals surface area contributed by atoms with Gasteiger partial charge in [0.05, 0.1) is 33.6 Å². The number of aryl methyl sites for hydroxylation is 1. The van der Waals surface area contributed by atoms with Crippen LogP contribution in [0.4, 0.5) is 0 Å². The molecular formula is C22H25ClN4O. The van der Waals surface area contributed by atoms with Gasteiger partial charge in [-0.05, 0) is 56.6 Å². The molecule has 6 rings (SSSR count). The fraction of sp³-hybridized carbons (Fsp3) is 0.591. The highest BCUT2D eigenvalue weighted by molar-refractivity contribution is 6.35. The van der Waals surface area contributed by atoms with Gasteiger partial charge in [-0.2, -0.15) is 10.4 Å². The second-order valence-electron chi connectivity index (χ2n) is 9.61. The van der Waals surface area contributed by atoms with Gasteiger partial charge in [-0.25, -0.2) is 0 Å². The average Bonchev–Trinajstić information content (AvgIpc) is 2.97. The van der Waals surface area contributed by atoms with Crippen LogP contribution in [0.2, 0.25) is 5.02 Å². The number of halogens is 1. The maximum absolute atomic E-state index is 13.6. The summed E-state index contributed by atoms with van der Waals surface area (Å²) in [5, 5.41) is 16.0. The standard InChI is InChI=1S/C22H25ClN4O/c1-13(19-18-16(23)5-4-6-17(18)26(3)25-19)20(28)27-14-7-21(2)8-15(27)10-22(9-14,11-21)12-24/h4-6,13-15H,7-11H2,1-3H3. The normalized spacial score (nSPS) is 34.6. The molecule has 4 bridgehead atoms. The van der Waals surface area contributed by atoms with Crippen molar-refractivity contribution in [2.75, 3.05) is 0 Å². The smallest absolute Gasteiger partial charge is 0.232 e. The zero-order valence-electron chi connectivity index (χ0n) is 16.6. The minimum atomic E-state index is -0.355. The van der Waals surface area contributed by atoms with E-state index in [0.29, 0.717) is 5.02 Å². The molecule has 28 heavy (non-hydrogen) atoms. The van der Waals surface area contributed by atoms with E-state index in [2.05, 4.69) is 23.0 Å². The van der Waals surface area contributed by atoms with Crippen LogP contribution in [0.3, 0.4) is 0 Å². The summed E-state index contributed by atoms with van der Waals surface area (Å²) in [5.74, 6) is -0.225. The molecule has 1 aromatic heterocycles. The van der Waals surface area contributed by atoms with Crippen molar-refractivity contribution < 1.29 is 4.79 Å². The molecule has 3 unspecified atom stereocenters. The summed E-state index contributed by atoms with van der Waals surface area (Å²) in [6, 6.07) is 8.71. The first-order valence-electron chi connectivity index (χ1n) is 10.1. The Morgan fingerprint density at radius 3 is 2.64 bits per heavy atom. The second kappa shape index (κ2) is 5.73. The van der Waals surface area contributed by atoms with E-state index in [4.69, 9.17) is 11.6 Å². The summed E-state index contributed by atoms with van der Waals surface area (Å²) in [6.45, 7) is 4.25. The molecule has 1 amide bonds. The van der Waals surface area contributed by atoms with E-state index in [1.807, 2.05) is 32.2 Å². The van der Waals surface area contributed by atoms with Gasteiger partial charge in [0, 0.05) is 24.5 Å². The van der Waals surface area contributed by atoms with Crippen LogP contribution in [0.1, 0.15) is 57.6 Å². The quantitative estimate of drug-likeness (QED) is 0.755. The van der Waals surface area contributed by atoms with Crippen molar-refractivity contribution in [3.63, 3.8) is 0 Å². The topological polar surface area (TPSA) is 61.9 Å². The second-order valence-corrected chi connectivity index (χ2v) is 10.0. The first-order chi connectivity index (χ1) is 13.3. The molecule has 4 aliphatic rings. The lowest BCUT2D eigenvalue weighted by molar-refractivity contribution is -0.164. The molecule has 0 radical (unpaired) electrons. The summed E-state index contributed by atoms with van der Waals surface area (Å²) in [5.41, 5.74) is 1.66. The molecule has 0 N–H and O–H groups in total. The predicted octanol–water partition coefficient (Wildman–Crippen LogP) is 4.40. The monoisotopic (exact) mass is 396 g/mol. The largest absolute Gasteiger partial charge is 0.336 e. The van der Waals surface area contributed by atoms with Gasteiger partial charge >= 0.3 is 0 Å². The molecule has 2 saturated carbocycles. The van der Waals surface area contributed by atoms with E-state index in [0.717, 1.165) is 48.7 Å². The summed E-state index contributed by atoms with van der Waals surface area (Å²) >= 11 is 6.47. The Kier molecular flexibility index (Phi) is 3.68. The Bertz CT molecular complexity index is 1020. The van der Waals surface area contributed by atoms with Crippen molar-refractivity contribution in [2.24, 2.45) is 17.9 Å². The van der Waals surface area contributed by atoms with Crippen LogP contribution in [0.15, 0.2) is 18.2 Å². The number of nitriles is 1. The predicted molar refractivity (Wildman–Crippen MR) is 108 cm³/mol. The number of amides is 1. The molecule has 4 fully saturated rings. The molecule has 2 aromatic rings. The minimum absolute atomic E-state index is 0.130.